The van der Waals surface area contributed by atoms with E-state index in [0.717, 1.165) is 103 Å². The van der Waals surface area contributed by atoms with Gasteiger partial charge in [-0.3, -0.25) is 18.6 Å². The number of esters is 2. The van der Waals surface area contributed by atoms with Gasteiger partial charge in [0.15, 0.2) is 6.10 Å². The van der Waals surface area contributed by atoms with Gasteiger partial charge in [0, 0.05) is 19.4 Å². The van der Waals surface area contributed by atoms with Crippen LogP contribution in [0.2, 0.25) is 0 Å². The lowest BCUT2D eigenvalue weighted by Crippen LogP contribution is -2.29. The molecule has 0 amide bonds. The van der Waals surface area contributed by atoms with Crippen LogP contribution >= 0.6 is 7.82 Å². The van der Waals surface area contributed by atoms with Crippen molar-refractivity contribution in [1.82, 2.24) is 0 Å². The summed E-state index contributed by atoms with van der Waals surface area (Å²) in [6.45, 7) is 3.68. The molecule has 0 saturated carbocycles. The number of carbonyl (C=O) groups is 2. The Morgan fingerprint density at radius 2 is 0.561 bits per heavy atom. The van der Waals surface area contributed by atoms with E-state index in [4.69, 9.17) is 24.3 Å². The van der Waals surface area contributed by atoms with Crippen molar-refractivity contribution >= 4 is 19.8 Å². The van der Waals surface area contributed by atoms with Crippen LogP contribution in [-0.2, 0) is 32.7 Å². The first-order valence-corrected chi connectivity index (χ1v) is 43.4. The third-order valence-corrected chi connectivity index (χ3v) is 19.4. The van der Waals surface area contributed by atoms with Gasteiger partial charge >= 0.3 is 19.8 Å². The number of rotatable bonds is 79. The second-order valence-corrected chi connectivity index (χ2v) is 29.4. The number of phosphoric ester groups is 1. The summed E-state index contributed by atoms with van der Waals surface area (Å²) in [6, 6.07) is 0. The smallest absolute Gasteiger partial charge is 0.462 e. The van der Waals surface area contributed by atoms with Gasteiger partial charge in [0.1, 0.15) is 6.61 Å². The van der Waals surface area contributed by atoms with Crippen molar-refractivity contribution in [1.29, 1.82) is 0 Å². The second-order valence-electron chi connectivity index (χ2n) is 28.0. The molecule has 0 aromatic rings. The summed E-state index contributed by atoms with van der Waals surface area (Å²) in [6.07, 6.45) is 115. The topological polar surface area (TPSA) is 134 Å². The molecule has 0 bridgehead atoms. The van der Waals surface area contributed by atoms with E-state index in [9.17, 15) is 19.0 Å². The Bertz CT molecular complexity index is 1980. The van der Waals surface area contributed by atoms with E-state index in [-0.39, 0.29) is 38.6 Å². The summed E-state index contributed by atoms with van der Waals surface area (Å²) in [5, 5.41) is 0. The van der Waals surface area contributed by atoms with Gasteiger partial charge in [0.05, 0.1) is 13.2 Å². The molecular formula is C88H158NO8P. The lowest BCUT2D eigenvalue weighted by molar-refractivity contribution is -0.161. The lowest BCUT2D eigenvalue weighted by atomic mass is 10.0. The molecule has 0 radical (unpaired) electrons. The van der Waals surface area contributed by atoms with Crippen LogP contribution in [0, 0.1) is 0 Å². The summed E-state index contributed by atoms with van der Waals surface area (Å²) in [7, 11) is -4.40. The minimum atomic E-state index is -4.40. The van der Waals surface area contributed by atoms with Crippen LogP contribution in [0.25, 0.3) is 0 Å². The Hall–Kier alpha value is -3.33. The highest BCUT2D eigenvalue weighted by molar-refractivity contribution is 7.47. The Balaban J connectivity index is 3.81. The van der Waals surface area contributed by atoms with Crippen LogP contribution in [0.15, 0.2) is 109 Å². The average molecular weight is 1390 g/mol. The normalized spacial score (nSPS) is 13.4. The molecule has 98 heavy (non-hydrogen) atoms. The summed E-state index contributed by atoms with van der Waals surface area (Å²) in [5.41, 5.74) is 5.42. The summed E-state index contributed by atoms with van der Waals surface area (Å²) >= 11 is 0. The van der Waals surface area contributed by atoms with Gasteiger partial charge in [0.25, 0.3) is 0 Å². The number of ether oxygens (including phenoxy) is 2. The number of phosphoric acid groups is 1. The van der Waals surface area contributed by atoms with Crippen LogP contribution in [0.5, 0.6) is 0 Å². The van der Waals surface area contributed by atoms with Crippen molar-refractivity contribution in [2.45, 2.75) is 412 Å². The number of hydrogen-bond donors (Lipinski definition) is 2. The highest BCUT2D eigenvalue weighted by atomic mass is 31.2. The Morgan fingerprint density at radius 3 is 0.837 bits per heavy atom. The molecule has 0 saturated heterocycles. The fourth-order valence-electron chi connectivity index (χ4n) is 12.3. The molecule has 2 atom stereocenters. The van der Waals surface area contributed by atoms with Crippen molar-refractivity contribution < 1.29 is 37.6 Å². The molecule has 0 spiro atoms. The van der Waals surface area contributed by atoms with Crippen LogP contribution < -0.4 is 5.73 Å². The molecule has 0 aromatic heterocycles. The first-order valence-electron chi connectivity index (χ1n) is 41.9. The molecule has 0 aromatic carbocycles. The predicted molar refractivity (Wildman–Crippen MR) is 427 cm³/mol. The zero-order valence-electron chi connectivity index (χ0n) is 64.3. The van der Waals surface area contributed by atoms with Gasteiger partial charge in [-0.1, -0.05) is 419 Å². The van der Waals surface area contributed by atoms with E-state index in [2.05, 4.69) is 123 Å². The first kappa shape index (κ1) is 94.7. The number of carbonyl (C=O) groups excluding carboxylic acids is 2. The Morgan fingerprint density at radius 1 is 0.316 bits per heavy atom. The van der Waals surface area contributed by atoms with Crippen molar-refractivity contribution in [3.05, 3.63) is 109 Å². The van der Waals surface area contributed by atoms with Crippen molar-refractivity contribution in [3.8, 4) is 0 Å². The summed E-state index contributed by atoms with van der Waals surface area (Å²) < 4.78 is 33.3. The maximum atomic E-state index is 12.8. The second kappa shape index (κ2) is 82.6. The minimum absolute atomic E-state index is 0.0507. The Kier molecular flexibility index (Phi) is 79.8. The zero-order chi connectivity index (χ0) is 70.8. The van der Waals surface area contributed by atoms with Crippen LogP contribution in [0.1, 0.15) is 406 Å². The lowest BCUT2D eigenvalue weighted by Gasteiger charge is -2.19. The molecule has 0 aliphatic heterocycles. The fourth-order valence-corrected chi connectivity index (χ4v) is 13.0. The number of nitrogens with two attached hydrogens (primary N) is 1. The third kappa shape index (κ3) is 81.6. The summed E-state index contributed by atoms with van der Waals surface area (Å²) in [4.78, 5) is 35.5. The molecular weight excluding hydrogens is 1230 g/mol. The van der Waals surface area contributed by atoms with Gasteiger partial charge in [0.2, 0.25) is 0 Å². The number of allylic oxidation sites excluding steroid dienone is 18. The predicted octanol–water partition coefficient (Wildman–Crippen LogP) is 28.4. The average Bonchev–Trinajstić information content (AvgIpc) is 1.28. The molecule has 568 valence electrons. The van der Waals surface area contributed by atoms with E-state index < -0.39 is 26.5 Å². The molecule has 0 aliphatic carbocycles. The third-order valence-electron chi connectivity index (χ3n) is 18.4. The zero-order valence-corrected chi connectivity index (χ0v) is 65.2. The van der Waals surface area contributed by atoms with Gasteiger partial charge in [-0.25, -0.2) is 4.57 Å². The molecule has 3 N–H and O–H groups in total. The van der Waals surface area contributed by atoms with Crippen molar-refractivity contribution in [2.24, 2.45) is 5.73 Å². The molecule has 0 rings (SSSR count). The highest BCUT2D eigenvalue weighted by Crippen LogP contribution is 2.43. The van der Waals surface area contributed by atoms with Crippen molar-refractivity contribution in [2.75, 3.05) is 26.4 Å². The maximum Gasteiger partial charge on any atom is 0.472 e. The minimum Gasteiger partial charge on any atom is -0.462 e. The fraction of sp³-hybridized carbons (Fsp3) is 0.773. The van der Waals surface area contributed by atoms with E-state index in [0.29, 0.717) is 6.42 Å². The first-order chi connectivity index (χ1) is 48.3. The molecule has 9 nitrogen and oxygen atoms in total. The Labute approximate surface area is 607 Å². The summed E-state index contributed by atoms with van der Waals surface area (Å²) in [5.74, 6) is -0.818. The van der Waals surface area contributed by atoms with Crippen LogP contribution in [0.4, 0.5) is 0 Å². The number of unbranched alkanes of at least 4 members (excludes halogenated alkanes) is 48. The van der Waals surface area contributed by atoms with Crippen molar-refractivity contribution in [3.63, 3.8) is 0 Å². The standard InChI is InChI=1S/C88H158NO8P/c1-3-5-7-9-11-13-15-17-19-21-23-25-27-29-31-33-35-37-39-41-43-45-47-49-51-53-55-57-59-61-63-65-67-69-71-73-75-77-79-81-88(91)97-86(85-96-98(92,93)95-83-82-89)84-94-87(90)80-78-76-74-72-70-68-66-64-62-60-58-56-54-52-50-48-46-44-42-40-38-36-34-32-30-28-26-24-22-20-18-16-14-12-10-8-6-4-2/h5,7,11,13,17,19,23,25,29,31,35,37,41,43,47,49,53,55,86H,3-4,6,8-10,12,14-16,18,20-22,24,26-28,30,32-34,36,38-40,42,44-46,48,50-52,54,56-85,89H2,1-2H3,(H,92,93)/b7-5-,13-11-,19-17-,25-23-,31-29-,37-35-,43-41-,49-47-,55-53-. The molecule has 0 aliphatic rings. The van der Waals surface area contributed by atoms with E-state index in [1.807, 2.05) is 0 Å². The van der Waals surface area contributed by atoms with Gasteiger partial charge in [-0.2, -0.15) is 0 Å². The molecule has 10 heteroatoms. The van der Waals surface area contributed by atoms with E-state index in [1.165, 1.54) is 270 Å². The quantitative estimate of drug-likeness (QED) is 0.0264. The highest BCUT2D eigenvalue weighted by Gasteiger charge is 2.26. The molecule has 0 fully saturated rings. The molecule has 2 unspecified atom stereocenters. The number of hydrogen-bond acceptors (Lipinski definition) is 8. The van der Waals surface area contributed by atoms with Gasteiger partial charge in [-0.05, 0) is 83.5 Å². The van der Waals surface area contributed by atoms with Gasteiger partial charge in [-0.15, -0.1) is 0 Å². The van der Waals surface area contributed by atoms with Crippen LogP contribution in [-0.4, -0.2) is 49.3 Å². The largest absolute Gasteiger partial charge is 0.472 e. The SMILES string of the molecule is CC/C=C\C/C=C\C/C=C\C/C=C\C/C=C\C/C=C\C/C=C\C/C=C\C/C=C\CCCCCCCCCCCCCC(=O)OC(COC(=O)CCCCCCCCCCCCCCCCCCCCCCCCCCCCCCCCCCCCCCCC)COP(=O)(O)OCCN. The molecule has 0 heterocycles. The van der Waals surface area contributed by atoms with Gasteiger partial charge < -0.3 is 20.1 Å². The van der Waals surface area contributed by atoms with E-state index >= 15 is 0 Å². The monoisotopic (exact) mass is 1390 g/mol. The van der Waals surface area contributed by atoms with E-state index in [1.54, 1.807) is 0 Å². The maximum absolute atomic E-state index is 12.8. The van der Waals surface area contributed by atoms with Crippen LogP contribution in [0.3, 0.4) is 0 Å².